The van der Waals surface area contributed by atoms with Crippen LogP contribution in [0.5, 0.6) is 0 Å². The number of rotatable bonds is 3. The van der Waals surface area contributed by atoms with Crippen LogP contribution in [0, 0.1) is 5.92 Å². The molecule has 92 valence electrons. The van der Waals surface area contributed by atoms with Crippen LogP contribution in [-0.2, 0) is 0 Å². The van der Waals surface area contributed by atoms with Crippen LogP contribution in [0.1, 0.15) is 23.8 Å². The minimum Gasteiger partial charge on any atom is -0.476 e. The van der Waals surface area contributed by atoms with Gasteiger partial charge in [0.15, 0.2) is 5.69 Å². The first-order valence-corrected chi connectivity index (χ1v) is 5.56. The maximum absolute atomic E-state index is 10.6. The van der Waals surface area contributed by atoms with Gasteiger partial charge in [-0.1, -0.05) is 0 Å². The first kappa shape index (κ1) is 11.8. The van der Waals surface area contributed by atoms with Crippen molar-refractivity contribution in [3.63, 3.8) is 0 Å². The molecule has 0 aliphatic carbocycles. The number of nitrogens with zero attached hydrogens (tertiary/aromatic N) is 3. The zero-order chi connectivity index (χ0) is 12.4. The van der Waals surface area contributed by atoms with Crippen LogP contribution in [0.15, 0.2) is 12.4 Å². The van der Waals surface area contributed by atoms with Crippen molar-refractivity contribution in [2.75, 3.05) is 18.0 Å². The lowest BCUT2D eigenvalue weighted by Crippen LogP contribution is -2.24. The average molecular weight is 237 g/mol. The largest absolute Gasteiger partial charge is 0.476 e. The van der Waals surface area contributed by atoms with Crippen molar-refractivity contribution in [2.24, 2.45) is 5.92 Å². The molecule has 0 radical (unpaired) electrons. The molecule has 6 nitrogen and oxygen atoms in total. The molecule has 1 saturated heterocycles. The minimum absolute atomic E-state index is 0.0555. The van der Waals surface area contributed by atoms with Gasteiger partial charge in [-0.25, -0.2) is 14.8 Å². The number of carboxylic acid groups (broad SMARTS) is 1. The topological polar surface area (TPSA) is 86.5 Å². The van der Waals surface area contributed by atoms with Crippen LogP contribution in [0.25, 0.3) is 0 Å². The summed E-state index contributed by atoms with van der Waals surface area (Å²) < 4.78 is 0. The number of carbonyl (C=O) groups is 1. The molecule has 1 aliphatic rings. The van der Waals surface area contributed by atoms with E-state index in [4.69, 9.17) is 5.11 Å². The molecular weight excluding hydrogens is 222 g/mol. The summed E-state index contributed by atoms with van der Waals surface area (Å²) in [6, 6.07) is 0. The SMILES string of the molecule is CC(O)C1CCN(c2cnc(C(=O)O)cn2)C1. The van der Waals surface area contributed by atoms with Gasteiger partial charge in [0.25, 0.3) is 0 Å². The number of aliphatic hydroxyl groups is 1. The first-order chi connectivity index (χ1) is 8.08. The molecule has 1 fully saturated rings. The zero-order valence-electron chi connectivity index (χ0n) is 9.58. The van der Waals surface area contributed by atoms with Crippen molar-refractivity contribution in [1.29, 1.82) is 0 Å². The fraction of sp³-hybridized carbons (Fsp3) is 0.545. The molecule has 0 saturated carbocycles. The molecule has 0 spiro atoms. The zero-order valence-corrected chi connectivity index (χ0v) is 9.58. The highest BCUT2D eigenvalue weighted by Crippen LogP contribution is 2.23. The van der Waals surface area contributed by atoms with Gasteiger partial charge in [0, 0.05) is 19.0 Å². The molecule has 1 aromatic rings. The number of anilines is 1. The number of aromatic carboxylic acids is 1. The molecule has 2 heterocycles. The van der Waals surface area contributed by atoms with E-state index in [2.05, 4.69) is 9.97 Å². The standard InChI is InChI=1S/C11H15N3O3/c1-7(15)8-2-3-14(6-8)10-5-12-9(4-13-10)11(16)17/h4-5,7-8,15H,2-3,6H2,1H3,(H,16,17). The summed E-state index contributed by atoms with van der Waals surface area (Å²) in [6.45, 7) is 3.34. The van der Waals surface area contributed by atoms with Crippen LogP contribution in [0.2, 0.25) is 0 Å². The Morgan fingerprint density at radius 2 is 2.29 bits per heavy atom. The molecule has 6 heteroatoms. The monoisotopic (exact) mass is 237 g/mol. The Morgan fingerprint density at radius 3 is 2.76 bits per heavy atom. The fourth-order valence-electron chi connectivity index (χ4n) is 1.98. The lowest BCUT2D eigenvalue weighted by molar-refractivity contribution is 0.0690. The van der Waals surface area contributed by atoms with Crippen LogP contribution >= 0.6 is 0 Å². The van der Waals surface area contributed by atoms with Gasteiger partial charge in [-0.05, 0) is 13.3 Å². The van der Waals surface area contributed by atoms with Gasteiger partial charge in [-0.2, -0.15) is 0 Å². The summed E-state index contributed by atoms with van der Waals surface area (Å²) in [5.74, 6) is -0.165. The third-order valence-electron chi connectivity index (χ3n) is 3.09. The Balaban J connectivity index is 2.06. The summed E-state index contributed by atoms with van der Waals surface area (Å²) >= 11 is 0. The van der Waals surface area contributed by atoms with Crippen LogP contribution in [0.3, 0.4) is 0 Å². The van der Waals surface area contributed by atoms with Crippen LogP contribution in [-0.4, -0.2) is 45.3 Å². The van der Waals surface area contributed by atoms with E-state index in [1.165, 1.54) is 12.4 Å². The molecule has 0 amide bonds. The van der Waals surface area contributed by atoms with Crippen molar-refractivity contribution < 1.29 is 15.0 Å². The maximum Gasteiger partial charge on any atom is 0.356 e. The predicted octanol–water partition coefficient (Wildman–Crippen LogP) is 0.382. The lowest BCUT2D eigenvalue weighted by Gasteiger charge is -2.18. The Morgan fingerprint density at radius 1 is 1.53 bits per heavy atom. The molecular formula is C11H15N3O3. The van der Waals surface area contributed by atoms with Crippen molar-refractivity contribution in [1.82, 2.24) is 9.97 Å². The average Bonchev–Trinajstić information content (AvgIpc) is 2.78. The third kappa shape index (κ3) is 2.52. The second-order valence-corrected chi connectivity index (χ2v) is 4.30. The molecule has 2 N–H and O–H groups in total. The van der Waals surface area contributed by atoms with Crippen LogP contribution < -0.4 is 4.90 Å². The molecule has 0 aromatic carbocycles. The number of aliphatic hydroxyl groups excluding tert-OH is 1. The molecule has 1 aliphatic heterocycles. The quantitative estimate of drug-likeness (QED) is 0.790. The Labute approximate surface area is 98.9 Å². The molecule has 17 heavy (non-hydrogen) atoms. The summed E-state index contributed by atoms with van der Waals surface area (Å²) in [6.07, 6.45) is 3.31. The van der Waals surface area contributed by atoms with Gasteiger partial charge in [-0.3, -0.25) is 0 Å². The van der Waals surface area contributed by atoms with E-state index in [1.807, 2.05) is 4.90 Å². The van der Waals surface area contributed by atoms with E-state index in [0.29, 0.717) is 5.82 Å². The van der Waals surface area contributed by atoms with E-state index < -0.39 is 5.97 Å². The minimum atomic E-state index is -1.08. The Hall–Kier alpha value is -1.69. The van der Waals surface area contributed by atoms with Gasteiger partial charge in [0.05, 0.1) is 18.5 Å². The summed E-state index contributed by atoms with van der Waals surface area (Å²) in [5.41, 5.74) is -0.0555. The van der Waals surface area contributed by atoms with Crippen LogP contribution in [0.4, 0.5) is 5.82 Å². The van der Waals surface area contributed by atoms with Gasteiger partial charge >= 0.3 is 5.97 Å². The molecule has 2 atom stereocenters. The predicted molar refractivity (Wildman–Crippen MR) is 61.0 cm³/mol. The number of aromatic nitrogens is 2. The number of hydrogen-bond acceptors (Lipinski definition) is 5. The van der Waals surface area contributed by atoms with Crippen molar-refractivity contribution in [2.45, 2.75) is 19.4 Å². The molecule has 0 bridgehead atoms. The lowest BCUT2D eigenvalue weighted by atomic mass is 10.0. The van der Waals surface area contributed by atoms with E-state index in [-0.39, 0.29) is 17.7 Å². The molecule has 1 aromatic heterocycles. The van der Waals surface area contributed by atoms with Gasteiger partial charge in [0.1, 0.15) is 5.82 Å². The van der Waals surface area contributed by atoms with Crippen molar-refractivity contribution in [3.05, 3.63) is 18.1 Å². The highest BCUT2D eigenvalue weighted by atomic mass is 16.4. The summed E-state index contributed by atoms with van der Waals surface area (Å²) in [5, 5.41) is 18.2. The van der Waals surface area contributed by atoms with Crippen molar-refractivity contribution in [3.8, 4) is 0 Å². The highest BCUT2D eigenvalue weighted by molar-refractivity contribution is 5.84. The number of carboxylic acids is 1. The smallest absolute Gasteiger partial charge is 0.356 e. The third-order valence-corrected chi connectivity index (χ3v) is 3.09. The highest BCUT2D eigenvalue weighted by Gasteiger charge is 2.26. The second kappa shape index (κ2) is 4.67. The van der Waals surface area contributed by atoms with Gasteiger partial charge in [-0.15, -0.1) is 0 Å². The maximum atomic E-state index is 10.6. The van der Waals surface area contributed by atoms with Crippen molar-refractivity contribution >= 4 is 11.8 Å². The van der Waals surface area contributed by atoms with E-state index in [9.17, 15) is 9.90 Å². The first-order valence-electron chi connectivity index (χ1n) is 5.56. The second-order valence-electron chi connectivity index (χ2n) is 4.30. The molecule has 2 rings (SSSR count). The number of hydrogen-bond donors (Lipinski definition) is 2. The van der Waals surface area contributed by atoms with E-state index >= 15 is 0 Å². The van der Waals surface area contributed by atoms with Gasteiger partial charge in [0.2, 0.25) is 0 Å². The Kier molecular flexibility index (Phi) is 3.23. The summed E-state index contributed by atoms with van der Waals surface area (Å²) in [4.78, 5) is 20.5. The van der Waals surface area contributed by atoms with Gasteiger partial charge < -0.3 is 15.1 Å². The normalized spacial score (nSPS) is 21.5. The fourth-order valence-corrected chi connectivity index (χ4v) is 1.98. The Bertz CT molecular complexity index is 405. The molecule has 2 unspecified atom stereocenters. The van der Waals surface area contributed by atoms with E-state index in [0.717, 1.165) is 19.5 Å². The van der Waals surface area contributed by atoms with E-state index in [1.54, 1.807) is 6.92 Å². The summed E-state index contributed by atoms with van der Waals surface area (Å²) in [7, 11) is 0.